The van der Waals surface area contributed by atoms with Crippen LogP contribution in [0.15, 0.2) is 0 Å². The predicted molar refractivity (Wildman–Crippen MR) is 80.8 cm³/mol. The Morgan fingerprint density at radius 3 is 2.67 bits per heavy atom. The topological polar surface area (TPSA) is 58.6 Å². The summed E-state index contributed by atoms with van der Waals surface area (Å²) in [5.41, 5.74) is -0.775. The van der Waals surface area contributed by atoms with Crippen molar-refractivity contribution in [2.45, 2.75) is 71.1 Å². The maximum absolute atomic E-state index is 12.7. The van der Waals surface area contributed by atoms with Crippen LogP contribution in [-0.4, -0.2) is 47.6 Å². The summed E-state index contributed by atoms with van der Waals surface area (Å²) in [5, 5.41) is 2.88. The van der Waals surface area contributed by atoms with E-state index in [0.29, 0.717) is 18.9 Å². The Labute approximate surface area is 127 Å². The maximum atomic E-state index is 12.7. The first-order valence-corrected chi connectivity index (χ1v) is 8.06. The Balaban J connectivity index is 2.05. The van der Waals surface area contributed by atoms with Gasteiger partial charge in [0, 0.05) is 13.2 Å². The van der Waals surface area contributed by atoms with Gasteiger partial charge in [-0.15, -0.1) is 0 Å². The first kappa shape index (κ1) is 16.3. The van der Waals surface area contributed by atoms with Crippen molar-refractivity contribution in [2.75, 3.05) is 13.2 Å². The van der Waals surface area contributed by atoms with Crippen LogP contribution < -0.4 is 5.32 Å². The lowest BCUT2D eigenvalue weighted by atomic mass is 9.91. The van der Waals surface area contributed by atoms with Gasteiger partial charge in [0.1, 0.15) is 11.6 Å². The van der Waals surface area contributed by atoms with Gasteiger partial charge in [0.15, 0.2) is 0 Å². The Bertz CT molecular complexity index is 400. The smallest absolute Gasteiger partial charge is 0.246 e. The lowest BCUT2D eigenvalue weighted by Crippen LogP contribution is -2.68. The molecule has 21 heavy (non-hydrogen) atoms. The monoisotopic (exact) mass is 296 g/mol. The molecule has 2 unspecified atom stereocenters. The third kappa shape index (κ3) is 3.57. The lowest BCUT2D eigenvalue weighted by molar-refractivity contribution is -0.156. The normalized spacial score (nSPS) is 29.1. The molecule has 0 bridgehead atoms. The zero-order valence-electron chi connectivity index (χ0n) is 13.6. The van der Waals surface area contributed by atoms with Gasteiger partial charge in [-0.3, -0.25) is 9.59 Å². The third-order valence-corrected chi connectivity index (χ3v) is 4.51. The van der Waals surface area contributed by atoms with Gasteiger partial charge in [0.05, 0.1) is 6.10 Å². The molecule has 2 fully saturated rings. The SMILES string of the molecule is CC(C)CC1NC(=O)C(C)(C)N(CCC2CCCO2)C1=O. The average Bonchev–Trinajstić information content (AvgIpc) is 2.88. The second kappa shape index (κ2) is 6.34. The van der Waals surface area contributed by atoms with Gasteiger partial charge in [-0.1, -0.05) is 13.8 Å². The minimum absolute atomic E-state index is 0.0475. The Kier molecular flexibility index (Phi) is 4.91. The molecule has 2 amide bonds. The minimum atomic E-state index is -0.775. The number of carbonyl (C=O) groups is 2. The third-order valence-electron chi connectivity index (χ3n) is 4.51. The van der Waals surface area contributed by atoms with E-state index >= 15 is 0 Å². The molecule has 0 spiro atoms. The highest BCUT2D eigenvalue weighted by atomic mass is 16.5. The number of rotatable bonds is 5. The molecule has 2 atom stereocenters. The fraction of sp³-hybridized carbons (Fsp3) is 0.875. The molecule has 5 heteroatoms. The van der Waals surface area contributed by atoms with Gasteiger partial charge in [-0.2, -0.15) is 0 Å². The van der Waals surface area contributed by atoms with Gasteiger partial charge in [0.25, 0.3) is 0 Å². The molecule has 2 rings (SSSR count). The van der Waals surface area contributed by atoms with Gasteiger partial charge < -0.3 is 15.0 Å². The van der Waals surface area contributed by atoms with E-state index < -0.39 is 5.54 Å². The Morgan fingerprint density at radius 1 is 1.38 bits per heavy atom. The molecule has 2 heterocycles. The number of nitrogens with one attached hydrogen (secondary N) is 1. The van der Waals surface area contributed by atoms with Crippen LogP contribution in [0, 0.1) is 5.92 Å². The van der Waals surface area contributed by atoms with Gasteiger partial charge >= 0.3 is 0 Å². The molecule has 0 aromatic heterocycles. The number of hydrogen-bond acceptors (Lipinski definition) is 3. The summed E-state index contributed by atoms with van der Waals surface area (Å²) in [6.07, 6.45) is 3.90. The second-order valence-electron chi connectivity index (χ2n) is 7.13. The molecular formula is C16H28N2O3. The van der Waals surface area contributed by atoms with Crippen LogP contribution in [0.2, 0.25) is 0 Å². The van der Waals surface area contributed by atoms with Gasteiger partial charge in [-0.05, 0) is 45.4 Å². The molecule has 1 N–H and O–H groups in total. The number of carbonyl (C=O) groups excluding carboxylic acids is 2. The van der Waals surface area contributed by atoms with Crippen molar-refractivity contribution in [3.8, 4) is 0 Å². The first-order chi connectivity index (χ1) is 9.82. The van der Waals surface area contributed by atoms with Crippen LogP contribution in [0.5, 0.6) is 0 Å². The van der Waals surface area contributed by atoms with E-state index in [1.807, 2.05) is 13.8 Å². The predicted octanol–water partition coefficient (Wildman–Crippen LogP) is 1.71. The van der Waals surface area contributed by atoms with Crippen molar-refractivity contribution in [1.29, 1.82) is 0 Å². The first-order valence-electron chi connectivity index (χ1n) is 8.06. The van der Waals surface area contributed by atoms with Crippen molar-refractivity contribution in [1.82, 2.24) is 10.2 Å². The van der Waals surface area contributed by atoms with Crippen LogP contribution in [-0.2, 0) is 14.3 Å². The largest absolute Gasteiger partial charge is 0.378 e. The summed E-state index contributed by atoms with van der Waals surface area (Å²) >= 11 is 0. The molecule has 0 aliphatic carbocycles. The van der Waals surface area contributed by atoms with Crippen molar-refractivity contribution in [2.24, 2.45) is 5.92 Å². The second-order valence-corrected chi connectivity index (χ2v) is 7.13. The number of amides is 2. The fourth-order valence-electron chi connectivity index (χ4n) is 3.15. The van der Waals surface area contributed by atoms with E-state index in [1.54, 1.807) is 4.90 Å². The van der Waals surface area contributed by atoms with Crippen LogP contribution in [0.1, 0.15) is 53.4 Å². The van der Waals surface area contributed by atoms with Crippen molar-refractivity contribution in [3.05, 3.63) is 0 Å². The zero-order valence-corrected chi connectivity index (χ0v) is 13.6. The van der Waals surface area contributed by atoms with E-state index in [1.165, 1.54) is 0 Å². The van der Waals surface area contributed by atoms with E-state index in [4.69, 9.17) is 4.74 Å². The van der Waals surface area contributed by atoms with Crippen molar-refractivity contribution in [3.63, 3.8) is 0 Å². The van der Waals surface area contributed by atoms with E-state index in [0.717, 1.165) is 25.9 Å². The molecule has 2 aliphatic rings. The molecule has 5 nitrogen and oxygen atoms in total. The number of nitrogens with zero attached hydrogens (tertiary/aromatic N) is 1. The van der Waals surface area contributed by atoms with Crippen molar-refractivity contribution < 1.29 is 14.3 Å². The maximum Gasteiger partial charge on any atom is 0.246 e. The minimum Gasteiger partial charge on any atom is -0.378 e. The van der Waals surface area contributed by atoms with E-state index in [-0.39, 0.29) is 24.0 Å². The Hall–Kier alpha value is -1.10. The highest BCUT2D eigenvalue weighted by molar-refractivity contribution is 5.99. The van der Waals surface area contributed by atoms with Crippen LogP contribution in [0.25, 0.3) is 0 Å². The van der Waals surface area contributed by atoms with E-state index in [2.05, 4.69) is 19.2 Å². The number of hydrogen-bond donors (Lipinski definition) is 1. The standard InChI is InChI=1S/C16H28N2O3/c1-11(2)10-13-14(19)18(16(3,4)15(20)17-13)8-7-12-6-5-9-21-12/h11-13H,5-10H2,1-4H3,(H,17,20). The summed E-state index contributed by atoms with van der Waals surface area (Å²) < 4.78 is 5.63. The molecule has 2 saturated heterocycles. The highest BCUT2D eigenvalue weighted by Gasteiger charge is 2.46. The number of ether oxygens (including phenoxy) is 1. The molecule has 0 aromatic rings. The van der Waals surface area contributed by atoms with Gasteiger partial charge in [0.2, 0.25) is 11.8 Å². The van der Waals surface area contributed by atoms with Crippen molar-refractivity contribution >= 4 is 11.8 Å². The van der Waals surface area contributed by atoms with E-state index in [9.17, 15) is 9.59 Å². The summed E-state index contributed by atoms with van der Waals surface area (Å²) in [6, 6.07) is -0.380. The average molecular weight is 296 g/mol. The summed E-state index contributed by atoms with van der Waals surface area (Å²) in [5.74, 6) is 0.367. The molecule has 120 valence electrons. The summed E-state index contributed by atoms with van der Waals surface area (Å²) in [4.78, 5) is 26.8. The number of piperazine rings is 1. The summed E-state index contributed by atoms with van der Waals surface area (Å²) in [6.45, 7) is 9.19. The highest BCUT2D eigenvalue weighted by Crippen LogP contribution is 2.25. The lowest BCUT2D eigenvalue weighted by Gasteiger charge is -2.45. The summed E-state index contributed by atoms with van der Waals surface area (Å²) in [7, 11) is 0. The molecule has 0 saturated carbocycles. The molecule has 2 aliphatic heterocycles. The van der Waals surface area contributed by atoms with Crippen LogP contribution in [0.4, 0.5) is 0 Å². The quantitative estimate of drug-likeness (QED) is 0.840. The van der Waals surface area contributed by atoms with Crippen LogP contribution >= 0.6 is 0 Å². The molecular weight excluding hydrogens is 268 g/mol. The van der Waals surface area contributed by atoms with Crippen LogP contribution in [0.3, 0.4) is 0 Å². The Morgan fingerprint density at radius 2 is 2.10 bits per heavy atom. The zero-order chi connectivity index (χ0) is 15.6. The van der Waals surface area contributed by atoms with Gasteiger partial charge in [-0.25, -0.2) is 0 Å². The molecule has 0 aromatic carbocycles. The molecule has 0 radical (unpaired) electrons. The fourth-order valence-corrected chi connectivity index (χ4v) is 3.15.